The molecule has 6 heteroatoms. The van der Waals surface area contributed by atoms with Gasteiger partial charge in [-0.05, 0) is 43.7 Å². The first-order valence-corrected chi connectivity index (χ1v) is 11.0. The minimum atomic E-state index is -1.85. The van der Waals surface area contributed by atoms with E-state index in [0.717, 1.165) is 29.4 Å². The standard InChI is InChI=1S/C26H31N2O3.BrH/c1-19-6-4-8-23(16-19)26(30,24-9-5-7-20(2)17-24)25(29)31-15-14-27-12-13-28(21(27)3)18-22-10-11-22;/h4-9,12-13,16-17,22,30H,10-11,14-15,18H2,1-3H3;1H/q+1;/p-1. The summed E-state index contributed by atoms with van der Waals surface area (Å²) in [7, 11) is 0. The zero-order chi connectivity index (χ0) is 22.0. The van der Waals surface area contributed by atoms with Gasteiger partial charge in [0.25, 0.3) is 5.82 Å². The number of aryl methyl sites for hydroxylation is 2. The van der Waals surface area contributed by atoms with Gasteiger partial charge in [0.2, 0.25) is 5.60 Å². The Morgan fingerprint density at radius 3 is 2.22 bits per heavy atom. The maximum absolute atomic E-state index is 13.2. The third-order valence-electron chi connectivity index (χ3n) is 6.14. The van der Waals surface area contributed by atoms with Gasteiger partial charge < -0.3 is 26.8 Å². The van der Waals surface area contributed by atoms with Crippen LogP contribution >= 0.6 is 0 Å². The van der Waals surface area contributed by atoms with E-state index in [4.69, 9.17) is 4.74 Å². The molecule has 4 rings (SSSR count). The van der Waals surface area contributed by atoms with Crippen molar-refractivity contribution in [3.8, 4) is 0 Å². The number of nitrogens with zero attached hydrogens (tertiary/aromatic N) is 2. The molecule has 1 fully saturated rings. The SMILES string of the molecule is Cc1cccc(C(O)(C(=O)OCCn2cc[n+](CC3CC3)c2C)c2cccc(C)c2)c1.[Br-]. The minimum absolute atomic E-state index is 0. The molecule has 3 aromatic rings. The van der Waals surface area contributed by atoms with Gasteiger partial charge in [-0.25, -0.2) is 13.9 Å². The van der Waals surface area contributed by atoms with Crippen LogP contribution in [0.5, 0.6) is 0 Å². The molecular formula is C26H31BrN2O3. The summed E-state index contributed by atoms with van der Waals surface area (Å²) in [5.41, 5.74) is 1.12. The van der Waals surface area contributed by atoms with Crippen LogP contribution < -0.4 is 21.5 Å². The molecule has 1 saturated carbocycles. The van der Waals surface area contributed by atoms with E-state index in [1.54, 1.807) is 12.1 Å². The lowest BCUT2D eigenvalue weighted by atomic mass is 9.85. The maximum Gasteiger partial charge on any atom is 0.347 e. The van der Waals surface area contributed by atoms with Gasteiger partial charge in [0, 0.05) is 6.92 Å². The van der Waals surface area contributed by atoms with E-state index in [9.17, 15) is 9.90 Å². The zero-order valence-electron chi connectivity index (χ0n) is 18.9. The summed E-state index contributed by atoms with van der Waals surface area (Å²) in [6.45, 7) is 7.76. The van der Waals surface area contributed by atoms with Crippen LogP contribution in [0.4, 0.5) is 0 Å². The van der Waals surface area contributed by atoms with Crippen molar-refractivity contribution in [1.29, 1.82) is 0 Å². The van der Waals surface area contributed by atoms with Crippen LogP contribution in [0, 0.1) is 26.7 Å². The number of carbonyl (C=O) groups excluding carboxylic acids is 1. The number of carbonyl (C=O) groups is 1. The van der Waals surface area contributed by atoms with Gasteiger partial charge in [-0.1, -0.05) is 59.7 Å². The summed E-state index contributed by atoms with van der Waals surface area (Å²) in [6.07, 6.45) is 6.74. The predicted octanol–water partition coefficient (Wildman–Crippen LogP) is 0.594. The Morgan fingerprint density at radius 2 is 1.69 bits per heavy atom. The molecular weight excluding hydrogens is 468 g/mol. The number of ether oxygens (including phenoxy) is 1. The van der Waals surface area contributed by atoms with Crippen LogP contribution in [0.3, 0.4) is 0 Å². The smallest absolute Gasteiger partial charge is 0.347 e. The number of imidazole rings is 1. The molecule has 2 aromatic carbocycles. The summed E-state index contributed by atoms with van der Waals surface area (Å²) >= 11 is 0. The van der Waals surface area contributed by atoms with E-state index in [-0.39, 0.29) is 23.6 Å². The largest absolute Gasteiger partial charge is 1.00 e. The molecule has 5 nitrogen and oxygen atoms in total. The molecule has 0 amide bonds. The predicted molar refractivity (Wildman–Crippen MR) is 118 cm³/mol. The summed E-state index contributed by atoms with van der Waals surface area (Å²) in [5.74, 6) is 1.30. The second-order valence-corrected chi connectivity index (χ2v) is 8.72. The van der Waals surface area contributed by atoms with Crippen LogP contribution in [0.2, 0.25) is 0 Å². The highest BCUT2D eigenvalue weighted by atomic mass is 79.9. The molecule has 1 aliphatic rings. The highest BCUT2D eigenvalue weighted by Crippen LogP contribution is 2.32. The molecule has 1 aliphatic carbocycles. The van der Waals surface area contributed by atoms with Gasteiger partial charge in [-0.3, -0.25) is 0 Å². The fourth-order valence-corrected chi connectivity index (χ4v) is 4.03. The van der Waals surface area contributed by atoms with E-state index >= 15 is 0 Å². The second kappa shape index (κ2) is 10.0. The molecule has 0 atom stereocenters. The van der Waals surface area contributed by atoms with Gasteiger partial charge in [-0.2, -0.15) is 0 Å². The Kier molecular flexibility index (Phi) is 7.57. The van der Waals surface area contributed by atoms with Crippen LogP contribution in [-0.4, -0.2) is 22.2 Å². The first-order chi connectivity index (χ1) is 14.9. The van der Waals surface area contributed by atoms with Crippen molar-refractivity contribution < 1.29 is 36.2 Å². The molecule has 0 unspecified atom stereocenters. The Balaban J connectivity index is 0.00000289. The van der Waals surface area contributed by atoms with Gasteiger partial charge in [-0.15, -0.1) is 0 Å². The molecule has 1 aromatic heterocycles. The van der Waals surface area contributed by atoms with Gasteiger partial charge in [0.15, 0.2) is 0 Å². The van der Waals surface area contributed by atoms with Crippen LogP contribution in [0.1, 0.15) is 40.9 Å². The van der Waals surface area contributed by atoms with E-state index in [0.29, 0.717) is 17.7 Å². The van der Waals surface area contributed by atoms with Crippen molar-refractivity contribution in [3.05, 3.63) is 89.0 Å². The molecule has 0 spiro atoms. The van der Waals surface area contributed by atoms with Gasteiger partial charge >= 0.3 is 5.97 Å². The van der Waals surface area contributed by atoms with Crippen molar-refractivity contribution in [3.63, 3.8) is 0 Å². The monoisotopic (exact) mass is 498 g/mol. The topological polar surface area (TPSA) is 55.3 Å². The summed E-state index contributed by atoms with van der Waals surface area (Å²) < 4.78 is 9.99. The quantitative estimate of drug-likeness (QED) is 0.365. The van der Waals surface area contributed by atoms with Crippen molar-refractivity contribution >= 4 is 5.97 Å². The summed E-state index contributed by atoms with van der Waals surface area (Å²) in [4.78, 5) is 13.2. The number of benzene rings is 2. The van der Waals surface area contributed by atoms with Crippen molar-refractivity contribution in [1.82, 2.24) is 4.57 Å². The Labute approximate surface area is 200 Å². The minimum Gasteiger partial charge on any atom is -1.00 e. The van der Waals surface area contributed by atoms with Crippen molar-refractivity contribution in [2.24, 2.45) is 5.92 Å². The van der Waals surface area contributed by atoms with Crippen LogP contribution in [0.15, 0.2) is 60.9 Å². The molecule has 0 saturated heterocycles. The Bertz CT molecular complexity index is 1040. The zero-order valence-corrected chi connectivity index (χ0v) is 20.5. The molecule has 170 valence electrons. The van der Waals surface area contributed by atoms with Gasteiger partial charge in [0.1, 0.15) is 25.5 Å². The molecule has 1 heterocycles. The lowest BCUT2D eigenvalue weighted by Gasteiger charge is -2.27. The van der Waals surface area contributed by atoms with Crippen molar-refractivity contribution in [2.75, 3.05) is 6.61 Å². The van der Waals surface area contributed by atoms with Crippen LogP contribution in [0.25, 0.3) is 0 Å². The third-order valence-corrected chi connectivity index (χ3v) is 6.14. The van der Waals surface area contributed by atoms with Crippen molar-refractivity contribution in [2.45, 2.75) is 52.3 Å². The molecule has 0 bridgehead atoms. The maximum atomic E-state index is 13.2. The fraction of sp³-hybridized carbons (Fsp3) is 0.385. The fourth-order valence-electron chi connectivity index (χ4n) is 4.03. The van der Waals surface area contributed by atoms with Crippen LogP contribution in [-0.2, 0) is 28.2 Å². The summed E-state index contributed by atoms with van der Waals surface area (Å²) in [5, 5.41) is 11.6. The third kappa shape index (κ3) is 5.13. The lowest BCUT2D eigenvalue weighted by Crippen LogP contribution is -3.00. The molecule has 32 heavy (non-hydrogen) atoms. The van der Waals surface area contributed by atoms with E-state index in [1.807, 2.05) is 56.4 Å². The van der Waals surface area contributed by atoms with E-state index in [2.05, 4.69) is 22.3 Å². The highest BCUT2D eigenvalue weighted by Gasteiger charge is 2.42. The van der Waals surface area contributed by atoms with Gasteiger partial charge in [0.05, 0.1) is 6.54 Å². The molecule has 0 aliphatic heterocycles. The molecule has 1 N–H and O–H groups in total. The van der Waals surface area contributed by atoms with E-state index < -0.39 is 11.6 Å². The molecule has 0 radical (unpaired) electrons. The number of hydrogen-bond donors (Lipinski definition) is 1. The number of aliphatic hydroxyl groups is 1. The highest BCUT2D eigenvalue weighted by molar-refractivity contribution is 5.85. The summed E-state index contributed by atoms with van der Waals surface area (Å²) in [6, 6.07) is 14.8. The Morgan fingerprint density at radius 1 is 1.09 bits per heavy atom. The first-order valence-electron chi connectivity index (χ1n) is 11.0. The average molecular weight is 499 g/mol. The normalized spacial score (nSPS) is 13.5. The number of halogens is 1. The number of aromatic nitrogens is 2. The number of hydrogen-bond acceptors (Lipinski definition) is 3. The Hall–Kier alpha value is -2.44. The van der Waals surface area contributed by atoms with E-state index in [1.165, 1.54) is 12.8 Å². The number of esters is 1. The lowest BCUT2D eigenvalue weighted by molar-refractivity contribution is -0.705. The average Bonchev–Trinajstić information content (AvgIpc) is 3.51. The second-order valence-electron chi connectivity index (χ2n) is 8.72. The number of rotatable bonds is 8. The first kappa shape index (κ1) is 24.2.